The molecule has 124 valence electrons. The minimum Gasteiger partial charge on any atom is -0.505 e. The van der Waals surface area contributed by atoms with Crippen LogP contribution in [0.2, 0.25) is 0 Å². The Labute approximate surface area is 138 Å². The summed E-state index contributed by atoms with van der Waals surface area (Å²) >= 11 is 0. The first-order valence-electron chi connectivity index (χ1n) is 6.85. The van der Waals surface area contributed by atoms with E-state index in [9.17, 15) is 23.4 Å². The number of aliphatic carboxylic acids is 1. The van der Waals surface area contributed by atoms with E-state index in [1.165, 1.54) is 18.2 Å². The molecule has 0 amide bonds. The standard InChI is InChI=1S/C16H13NO6S/c1-17-14(16(19)20)15(18)12-9-11(7-8-13(12)24(17,21)22)23-10-5-3-2-4-6-10/h2-9,18H,1H3,(H,19,20). The van der Waals surface area contributed by atoms with Gasteiger partial charge in [-0.2, -0.15) is 0 Å². The maximum absolute atomic E-state index is 12.4. The highest BCUT2D eigenvalue weighted by Gasteiger charge is 2.38. The Morgan fingerprint density at radius 1 is 1.08 bits per heavy atom. The molecular weight excluding hydrogens is 334 g/mol. The Morgan fingerprint density at radius 3 is 2.38 bits per heavy atom. The van der Waals surface area contributed by atoms with E-state index in [2.05, 4.69) is 0 Å². The molecule has 0 bridgehead atoms. The zero-order valence-corrected chi connectivity index (χ0v) is 13.3. The molecule has 0 aromatic heterocycles. The molecule has 2 aromatic carbocycles. The summed E-state index contributed by atoms with van der Waals surface area (Å²) in [5, 5.41) is 19.4. The van der Waals surface area contributed by atoms with Crippen molar-refractivity contribution in [2.45, 2.75) is 4.90 Å². The van der Waals surface area contributed by atoms with E-state index in [-0.39, 0.29) is 16.2 Å². The zero-order valence-electron chi connectivity index (χ0n) is 12.5. The van der Waals surface area contributed by atoms with Crippen molar-refractivity contribution in [2.75, 3.05) is 7.05 Å². The smallest absolute Gasteiger partial charge is 0.357 e. The molecule has 0 spiro atoms. The van der Waals surface area contributed by atoms with Crippen molar-refractivity contribution >= 4 is 21.8 Å². The minimum atomic E-state index is -4.06. The van der Waals surface area contributed by atoms with Crippen molar-refractivity contribution in [3.8, 4) is 11.5 Å². The van der Waals surface area contributed by atoms with Gasteiger partial charge in [-0.1, -0.05) is 18.2 Å². The third-order valence-electron chi connectivity index (χ3n) is 3.57. The van der Waals surface area contributed by atoms with Gasteiger partial charge in [-0.25, -0.2) is 13.2 Å². The van der Waals surface area contributed by atoms with Crippen molar-refractivity contribution in [1.29, 1.82) is 0 Å². The maximum atomic E-state index is 12.4. The minimum absolute atomic E-state index is 0.112. The van der Waals surface area contributed by atoms with Crippen molar-refractivity contribution in [1.82, 2.24) is 4.31 Å². The Hall–Kier alpha value is -3.00. The van der Waals surface area contributed by atoms with Crippen LogP contribution in [0.15, 0.2) is 59.1 Å². The first-order valence-corrected chi connectivity index (χ1v) is 8.29. The predicted octanol–water partition coefficient (Wildman–Crippen LogP) is 2.42. The molecule has 2 aromatic rings. The molecule has 24 heavy (non-hydrogen) atoms. The fourth-order valence-electron chi connectivity index (χ4n) is 2.39. The monoisotopic (exact) mass is 347 g/mol. The number of hydrogen-bond donors (Lipinski definition) is 2. The van der Waals surface area contributed by atoms with Crippen LogP contribution >= 0.6 is 0 Å². The van der Waals surface area contributed by atoms with E-state index in [1.807, 2.05) is 6.07 Å². The number of nitrogens with zero attached hydrogens (tertiary/aromatic N) is 1. The van der Waals surface area contributed by atoms with Gasteiger partial charge in [0.1, 0.15) is 11.5 Å². The molecule has 0 saturated heterocycles. The van der Waals surface area contributed by atoms with Crippen LogP contribution in [0.1, 0.15) is 5.56 Å². The van der Waals surface area contributed by atoms with E-state index < -0.39 is 27.4 Å². The van der Waals surface area contributed by atoms with Crippen LogP contribution in [0.3, 0.4) is 0 Å². The van der Waals surface area contributed by atoms with Gasteiger partial charge in [-0.05, 0) is 30.3 Å². The van der Waals surface area contributed by atoms with Gasteiger partial charge in [0.2, 0.25) is 0 Å². The molecule has 0 unspecified atom stereocenters. The lowest BCUT2D eigenvalue weighted by Crippen LogP contribution is -2.35. The number of ether oxygens (including phenoxy) is 1. The van der Waals surface area contributed by atoms with Crippen molar-refractivity contribution in [2.24, 2.45) is 0 Å². The number of carboxylic acid groups (broad SMARTS) is 1. The van der Waals surface area contributed by atoms with E-state index in [0.29, 0.717) is 10.1 Å². The fraction of sp³-hybridized carbons (Fsp3) is 0.0625. The highest BCUT2D eigenvalue weighted by atomic mass is 32.2. The molecule has 1 heterocycles. The van der Waals surface area contributed by atoms with Crippen molar-refractivity contribution < 1.29 is 28.2 Å². The van der Waals surface area contributed by atoms with E-state index >= 15 is 0 Å². The maximum Gasteiger partial charge on any atom is 0.357 e. The van der Waals surface area contributed by atoms with Crippen LogP contribution in [0.25, 0.3) is 5.76 Å². The molecule has 0 radical (unpaired) electrons. The van der Waals surface area contributed by atoms with Gasteiger partial charge in [0, 0.05) is 12.6 Å². The number of likely N-dealkylation sites (N-methyl/N-ethyl adjacent to an activating group) is 1. The quantitative estimate of drug-likeness (QED) is 0.884. The lowest BCUT2D eigenvalue weighted by atomic mass is 10.1. The molecule has 8 heteroatoms. The molecule has 0 aliphatic carbocycles. The SMILES string of the molecule is CN1C(C(=O)O)=C(O)c2cc(Oc3ccccc3)ccc2S1(=O)=O. The molecule has 7 nitrogen and oxygen atoms in total. The number of carbonyl (C=O) groups is 1. The van der Waals surface area contributed by atoms with Crippen LogP contribution in [0.5, 0.6) is 11.5 Å². The van der Waals surface area contributed by atoms with Crippen LogP contribution in [-0.2, 0) is 14.8 Å². The van der Waals surface area contributed by atoms with Gasteiger partial charge >= 0.3 is 5.97 Å². The number of sulfonamides is 1. The number of para-hydroxylation sites is 1. The second kappa shape index (κ2) is 5.57. The van der Waals surface area contributed by atoms with Gasteiger partial charge in [-0.15, -0.1) is 0 Å². The first-order chi connectivity index (χ1) is 11.3. The molecule has 0 saturated carbocycles. The lowest BCUT2D eigenvalue weighted by molar-refractivity contribution is -0.133. The van der Waals surface area contributed by atoms with Crippen LogP contribution in [0, 0.1) is 0 Å². The highest BCUT2D eigenvalue weighted by molar-refractivity contribution is 7.89. The van der Waals surface area contributed by atoms with E-state index in [4.69, 9.17) is 4.74 Å². The number of hydrogen-bond acceptors (Lipinski definition) is 5. The van der Waals surface area contributed by atoms with Gasteiger partial charge in [0.05, 0.1) is 4.90 Å². The number of aliphatic hydroxyl groups is 1. The normalized spacial score (nSPS) is 15.8. The number of benzene rings is 2. The largest absolute Gasteiger partial charge is 0.505 e. The average molecular weight is 347 g/mol. The zero-order chi connectivity index (χ0) is 17.5. The molecular formula is C16H13NO6S. The van der Waals surface area contributed by atoms with E-state index in [0.717, 1.165) is 7.05 Å². The van der Waals surface area contributed by atoms with Crippen LogP contribution < -0.4 is 4.74 Å². The van der Waals surface area contributed by atoms with Crippen molar-refractivity contribution in [3.63, 3.8) is 0 Å². The van der Waals surface area contributed by atoms with Crippen LogP contribution in [0.4, 0.5) is 0 Å². The first kappa shape index (κ1) is 15.9. The summed E-state index contributed by atoms with van der Waals surface area (Å²) in [6, 6.07) is 12.8. The topological polar surface area (TPSA) is 104 Å². The molecule has 0 atom stereocenters. The number of carboxylic acids is 1. The number of fused-ring (bicyclic) bond motifs is 1. The predicted molar refractivity (Wildman–Crippen MR) is 85.1 cm³/mol. The Balaban J connectivity index is 2.14. The Morgan fingerprint density at radius 2 is 1.75 bits per heavy atom. The van der Waals surface area contributed by atoms with Gasteiger partial charge in [0.25, 0.3) is 10.0 Å². The molecule has 0 fully saturated rings. The summed E-state index contributed by atoms with van der Waals surface area (Å²) in [4.78, 5) is 11.1. The van der Waals surface area contributed by atoms with Gasteiger partial charge in [-0.3, -0.25) is 4.31 Å². The summed E-state index contributed by atoms with van der Waals surface area (Å²) in [6.07, 6.45) is 0. The molecule has 3 rings (SSSR count). The summed E-state index contributed by atoms with van der Waals surface area (Å²) in [7, 11) is -2.98. The van der Waals surface area contributed by atoms with Gasteiger partial charge < -0.3 is 14.9 Å². The fourth-order valence-corrected chi connectivity index (χ4v) is 3.76. The Bertz CT molecular complexity index is 950. The number of rotatable bonds is 3. The summed E-state index contributed by atoms with van der Waals surface area (Å²) in [5.74, 6) is -1.38. The molecule has 1 aliphatic rings. The lowest BCUT2D eigenvalue weighted by Gasteiger charge is -2.27. The number of aliphatic hydroxyl groups excluding tert-OH is 1. The average Bonchev–Trinajstić information content (AvgIpc) is 2.54. The Kier molecular flexibility index (Phi) is 3.69. The van der Waals surface area contributed by atoms with E-state index in [1.54, 1.807) is 24.3 Å². The molecule has 1 aliphatic heterocycles. The van der Waals surface area contributed by atoms with Crippen LogP contribution in [-0.4, -0.2) is 36.0 Å². The third kappa shape index (κ3) is 2.46. The molecule has 2 N–H and O–H groups in total. The van der Waals surface area contributed by atoms with Gasteiger partial charge in [0.15, 0.2) is 11.5 Å². The summed E-state index contributed by atoms with van der Waals surface area (Å²) < 4.78 is 31.0. The summed E-state index contributed by atoms with van der Waals surface area (Å²) in [6.45, 7) is 0. The second-order valence-corrected chi connectivity index (χ2v) is 6.99. The van der Waals surface area contributed by atoms with Crippen molar-refractivity contribution in [3.05, 3.63) is 59.8 Å². The third-order valence-corrected chi connectivity index (χ3v) is 5.38. The highest BCUT2D eigenvalue weighted by Crippen LogP contribution is 2.37. The summed E-state index contributed by atoms with van der Waals surface area (Å²) in [5.41, 5.74) is -0.821. The second-order valence-electron chi connectivity index (χ2n) is 5.05.